The minimum atomic E-state index is -0.586. The summed E-state index contributed by atoms with van der Waals surface area (Å²) in [6, 6.07) is 14.6. The van der Waals surface area contributed by atoms with Crippen LogP contribution >= 0.6 is 0 Å². The van der Waals surface area contributed by atoms with Crippen LogP contribution in [0.3, 0.4) is 0 Å². The second-order valence-corrected chi connectivity index (χ2v) is 8.96. The van der Waals surface area contributed by atoms with Crippen LogP contribution < -0.4 is 10.2 Å². The molecule has 0 aliphatic carbocycles. The average molecular weight is 421 g/mol. The molecule has 0 atom stereocenters. The van der Waals surface area contributed by atoms with Gasteiger partial charge in [-0.25, -0.2) is 0 Å². The topological polar surface area (TPSA) is 79.6 Å². The van der Waals surface area contributed by atoms with E-state index < -0.39 is 11.4 Å². The first-order chi connectivity index (χ1) is 14.7. The quantitative estimate of drug-likeness (QED) is 0.554. The SMILES string of the molecule is C/C(=C(/C#N)C(=O)NC(C)(C)CCO)c1ccc2cc(N3CCN(C)CC3)ccc2c1. The molecule has 3 rings (SSSR count). The Labute approximate surface area is 184 Å². The van der Waals surface area contributed by atoms with Crippen LogP contribution in [0.25, 0.3) is 16.3 Å². The Bertz CT molecular complexity index is 1030. The highest BCUT2D eigenvalue weighted by molar-refractivity contribution is 6.05. The minimum absolute atomic E-state index is 0.0291. The van der Waals surface area contributed by atoms with Gasteiger partial charge in [0.25, 0.3) is 5.91 Å². The monoisotopic (exact) mass is 420 g/mol. The van der Waals surface area contributed by atoms with Gasteiger partial charge in [0.1, 0.15) is 11.6 Å². The second kappa shape index (κ2) is 9.51. The first-order valence-corrected chi connectivity index (χ1v) is 10.8. The maximum Gasteiger partial charge on any atom is 0.262 e. The van der Waals surface area contributed by atoms with Crippen LogP contribution in [0.1, 0.15) is 32.8 Å². The molecular formula is C25H32N4O2. The van der Waals surface area contributed by atoms with Gasteiger partial charge in [0.05, 0.1) is 0 Å². The van der Waals surface area contributed by atoms with Crippen molar-refractivity contribution in [3.63, 3.8) is 0 Å². The molecule has 0 radical (unpaired) electrons. The highest BCUT2D eigenvalue weighted by Gasteiger charge is 2.23. The maximum atomic E-state index is 12.7. The van der Waals surface area contributed by atoms with Crippen molar-refractivity contribution in [2.75, 3.05) is 44.7 Å². The number of nitrogens with zero attached hydrogens (tertiary/aromatic N) is 3. The van der Waals surface area contributed by atoms with Crippen LogP contribution in [0.15, 0.2) is 42.0 Å². The molecule has 0 saturated carbocycles. The fourth-order valence-electron chi connectivity index (χ4n) is 3.89. The van der Waals surface area contributed by atoms with Crippen LogP contribution in [0, 0.1) is 11.3 Å². The summed E-state index contributed by atoms with van der Waals surface area (Å²) in [6.45, 7) is 9.61. The Morgan fingerprint density at radius 1 is 1.13 bits per heavy atom. The number of carbonyl (C=O) groups excluding carboxylic acids is 1. The lowest BCUT2D eigenvalue weighted by Crippen LogP contribution is -2.44. The van der Waals surface area contributed by atoms with E-state index in [1.54, 1.807) is 6.92 Å². The third-order valence-corrected chi connectivity index (χ3v) is 6.03. The number of aliphatic hydroxyl groups excluding tert-OH is 1. The number of rotatable bonds is 6. The van der Waals surface area contributed by atoms with Gasteiger partial charge in [0.15, 0.2) is 0 Å². The molecule has 0 bridgehead atoms. The largest absolute Gasteiger partial charge is 0.396 e. The number of allylic oxidation sites excluding steroid dienone is 1. The third kappa shape index (κ3) is 5.43. The lowest BCUT2D eigenvalue weighted by molar-refractivity contribution is -0.118. The highest BCUT2D eigenvalue weighted by atomic mass is 16.3. The number of carbonyl (C=O) groups is 1. The first kappa shape index (κ1) is 22.8. The van der Waals surface area contributed by atoms with Gasteiger partial charge in [-0.15, -0.1) is 0 Å². The van der Waals surface area contributed by atoms with E-state index in [-0.39, 0.29) is 12.2 Å². The first-order valence-electron chi connectivity index (χ1n) is 10.8. The van der Waals surface area contributed by atoms with Crippen molar-refractivity contribution >= 4 is 27.9 Å². The molecule has 0 aromatic heterocycles. The molecule has 1 heterocycles. The predicted octanol–water partition coefficient (Wildman–Crippen LogP) is 3.17. The number of nitriles is 1. The van der Waals surface area contributed by atoms with Crippen molar-refractivity contribution < 1.29 is 9.90 Å². The normalized spacial score (nSPS) is 16.1. The maximum absolute atomic E-state index is 12.7. The van der Waals surface area contributed by atoms with E-state index in [0.717, 1.165) is 42.5 Å². The van der Waals surface area contributed by atoms with E-state index >= 15 is 0 Å². The van der Waals surface area contributed by atoms with E-state index in [2.05, 4.69) is 52.5 Å². The molecule has 6 nitrogen and oxygen atoms in total. The summed E-state index contributed by atoms with van der Waals surface area (Å²) in [5.41, 5.74) is 2.23. The Kier molecular flexibility index (Phi) is 6.99. The molecule has 6 heteroatoms. The highest BCUT2D eigenvalue weighted by Crippen LogP contribution is 2.27. The van der Waals surface area contributed by atoms with Gasteiger partial charge in [-0.2, -0.15) is 5.26 Å². The average Bonchev–Trinajstić information content (AvgIpc) is 2.73. The van der Waals surface area contributed by atoms with Crippen LogP contribution in [0.4, 0.5) is 5.69 Å². The number of amides is 1. The van der Waals surface area contributed by atoms with E-state index in [4.69, 9.17) is 0 Å². The van der Waals surface area contributed by atoms with Crippen LogP contribution in [0.5, 0.6) is 0 Å². The van der Waals surface area contributed by atoms with Crippen molar-refractivity contribution in [1.29, 1.82) is 5.26 Å². The van der Waals surface area contributed by atoms with Crippen molar-refractivity contribution in [2.24, 2.45) is 0 Å². The molecule has 0 unspecified atom stereocenters. The number of likely N-dealkylation sites (N-methyl/N-ethyl adjacent to an activating group) is 1. The van der Waals surface area contributed by atoms with Crippen molar-refractivity contribution in [3.05, 3.63) is 47.5 Å². The number of hydrogen-bond donors (Lipinski definition) is 2. The summed E-state index contributed by atoms with van der Waals surface area (Å²) in [5, 5.41) is 23.9. The van der Waals surface area contributed by atoms with Gasteiger partial charge in [0, 0.05) is 44.0 Å². The Morgan fingerprint density at radius 2 is 1.77 bits per heavy atom. The number of fused-ring (bicyclic) bond motifs is 1. The lowest BCUT2D eigenvalue weighted by atomic mass is 9.96. The Morgan fingerprint density at radius 3 is 2.42 bits per heavy atom. The summed E-state index contributed by atoms with van der Waals surface area (Å²) >= 11 is 0. The summed E-state index contributed by atoms with van der Waals surface area (Å²) in [6.07, 6.45) is 0.419. The van der Waals surface area contributed by atoms with E-state index in [1.165, 1.54) is 5.69 Å². The lowest BCUT2D eigenvalue weighted by Gasteiger charge is -2.34. The third-order valence-electron chi connectivity index (χ3n) is 6.03. The fourth-order valence-corrected chi connectivity index (χ4v) is 3.89. The molecule has 0 spiro atoms. The number of hydrogen-bond acceptors (Lipinski definition) is 5. The summed E-state index contributed by atoms with van der Waals surface area (Å²) in [7, 11) is 2.15. The molecule has 164 valence electrons. The number of piperazine rings is 1. The van der Waals surface area contributed by atoms with Crippen molar-refractivity contribution in [3.8, 4) is 6.07 Å². The number of aliphatic hydroxyl groups is 1. The molecule has 31 heavy (non-hydrogen) atoms. The molecule has 2 aromatic carbocycles. The molecular weight excluding hydrogens is 388 g/mol. The molecule has 1 amide bonds. The zero-order valence-electron chi connectivity index (χ0n) is 18.9. The van der Waals surface area contributed by atoms with Gasteiger partial charge in [-0.05, 0) is 74.3 Å². The minimum Gasteiger partial charge on any atom is -0.396 e. The van der Waals surface area contributed by atoms with Crippen molar-refractivity contribution in [1.82, 2.24) is 10.2 Å². The Balaban J connectivity index is 1.86. The smallest absolute Gasteiger partial charge is 0.262 e. The summed E-state index contributed by atoms with van der Waals surface area (Å²) in [4.78, 5) is 17.5. The molecule has 2 N–H and O–H groups in total. The van der Waals surface area contributed by atoms with Crippen molar-refractivity contribution in [2.45, 2.75) is 32.7 Å². The molecule has 1 fully saturated rings. The zero-order valence-corrected chi connectivity index (χ0v) is 18.9. The van der Waals surface area contributed by atoms with Gasteiger partial charge in [-0.1, -0.05) is 18.2 Å². The van der Waals surface area contributed by atoms with Gasteiger partial charge in [-0.3, -0.25) is 4.79 Å². The Hall–Kier alpha value is -2.88. The number of nitrogens with one attached hydrogen (secondary N) is 1. The molecule has 1 aliphatic heterocycles. The van der Waals surface area contributed by atoms with Gasteiger partial charge < -0.3 is 20.2 Å². The zero-order chi connectivity index (χ0) is 22.6. The van der Waals surface area contributed by atoms with E-state index in [1.807, 2.05) is 26.0 Å². The summed E-state index contributed by atoms with van der Waals surface area (Å²) in [5.74, 6) is -0.413. The van der Waals surface area contributed by atoms with Gasteiger partial charge in [0.2, 0.25) is 0 Å². The fraction of sp³-hybridized carbons (Fsp3) is 0.440. The van der Waals surface area contributed by atoms with E-state index in [9.17, 15) is 15.2 Å². The number of anilines is 1. The second-order valence-electron chi connectivity index (χ2n) is 8.96. The van der Waals surface area contributed by atoms with E-state index in [0.29, 0.717) is 12.0 Å². The van der Waals surface area contributed by atoms with Crippen LogP contribution in [-0.4, -0.2) is 61.3 Å². The number of benzene rings is 2. The standard InChI is InChI=1S/C25H32N4O2/c1-18(23(17-26)24(31)27-25(2,3)9-14-30)19-5-6-21-16-22(8-7-20(21)15-19)29-12-10-28(4)11-13-29/h5-8,15-16,30H,9-14H2,1-4H3,(H,27,31)/b23-18+. The molecule has 2 aromatic rings. The summed E-state index contributed by atoms with van der Waals surface area (Å²) < 4.78 is 0. The molecule has 1 saturated heterocycles. The molecule has 1 aliphatic rings. The van der Waals surface area contributed by atoms with Crippen LogP contribution in [-0.2, 0) is 4.79 Å². The predicted molar refractivity (Wildman–Crippen MR) is 126 cm³/mol. The van der Waals surface area contributed by atoms with Crippen LogP contribution in [0.2, 0.25) is 0 Å². The van der Waals surface area contributed by atoms with Gasteiger partial charge >= 0.3 is 0 Å².